The van der Waals surface area contributed by atoms with Crippen LogP contribution in [-0.2, 0) is 14.3 Å². The maximum absolute atomic E-state index is 12.4. The molecule has 108 valence electrons. The number of ether oxygens (including phenoxy) is 1. The quantitative estimate of drug-likeness (QED) is 0.694. The number of thioether (sulfide) groups is 1. The van der Waals surface area contributed by atoms with E-state index in [1.54, 1.807) is 11.8 Å². The Morgan fingerprint density at radius 2 is 1.63 bits per heavy atom. The minimum absolute atomic E-state index is 0.144. The van der Waals surface area contributed by atoms with Crippen molar-refractivity contribution in [2.75, 3.05) is 7.11 Å². The minimum atomic E-state index is -0.374. The third-order valence-corrected chi connectivity index (χ3v) is 7.75. The fraction of sp³-hybridized carbons (Fsp3) is 0.867. The van der Waals surface area contributed by atoms with Crippen LogP contribution in [0.3, 0.4) is 0 Å². The van der Waals surface area contributed by atoms with E-state index < -0.39 is 0 Å². The van der Waals surface area contributed by atoms with E-state index in [4.69, 9.17) is 4.74 Å². The van der Waals surface area contributed by atoms with Gasteiger partial charge in [0.05, 0.1) is 13.0 Å². The molecule has 0 radical (unpaired) electrons. The second kappa shape index (κ2) is 3.78. The van der Waals surface area contributed by atoms with Crippen molar-refractivity contribution in [1.29, 1.82) is 0 Å². The predicted octanol–water partition coefficient (Wildman–Crippen LogP) is 3.07. The van der Waals surface area contributed by atoms with Crippen molar-refractivity contribution in [2.45, 2.75) is 57.5 Å². The SMILES string of the molecule is COC(=O)[C@H]1CC2(SC1(C)C)C(C)(C)C(=O)C2(C)C. The topological polar surface area (TPSA) is 43.4 Å². The summed E-state index contributed by atoms with van der Waals surface area (Å²) in [4.78, 5) is 24.4. The third-order valence-electron chi connectivity index (χ3n) is 5.41. The molecule has 1 aliphatic heterocycles. The maximum Gasteiger partial charge on any atom is 0.310 e. The van der Waals surface area contributed by atoms with Gasteiger partial charge in [0.15, 0.2) is 0 Å². The number of carbonyl (C=O) groups is 2. The molecule has 0 aromatic carbocycles. The molecule has 0 amide bonds. The van der Waals surface area contributed by atoms with Crippen LogP contribution in [0.2, 0.25) is 0 Å². The van der Waals surface area contributed by atoms with E-state index in [0.717, 1.165) is 6.42 Å². The van der Waals surface area contributed by atoms with E-state index in [1.807, 2.05) is 27.7 Å². The van der Waals surface area contributed by atoms with E-state index in [9.17, 15) is 9.59 Å². The lowest BCUT2D eigenvalue weighted by Gasteiger charge is -2.64. The van der Waals surface area contributed by atoms with Crippen LogP contribution in [0, 0.1) is 16.7 Å². The molecule has 0 bridgehead atoms. The summed E-state index contributed by atoms with van der Waals surface area (Å²) in [5, 5.41) is 0. The van der Waals surface area contributed by atoms with Gasteiger partial charge in [-0.2, -0.15) is 0 Å². The lowest BCUT2D eigenvalue weighted by atomic mass is 9.44. The van der Waals surface area contributed by atoms with Crippen molar-refractivity contribution in [3.05, 3.63) is 0 Å². The molecule has 19 heavy (non-hydrogen) atoms. The number of hydrogen-bond donors (Lipinski definition) is 0. The van der Waals surface area contributed by atoms with Gasteiger partial charge in [-0.1, -0.05) is 27.7 Å². The van der Waals surface area contributed by atoms with E-state index in [-0.39, 0.29) is 32.2 Å². The van der Waals surface area contributed by atoms with Crippen molar-refractivity contribution in [2.24, 2.45) is 16.7 Å². The number of Topliss-reactive ketones (excluding diaryl/α,β-unsaturated/α-hetero) is 1. The Morgan fingerprint density at radius 3 is 2.05 bits per heavy atom. The van der Waals surface area contributed by atoms with Crippen LogP contribution in [0.1, 0.15) is 48.0 Å². The summed E-state index contributed by atoms with van der Waals surface area (Å²) in [7, 11) is 1.44. The first-order valence-electron chi connectivity index (χ1n) is 6.77. The molecule has 1 saturated carbocycles. The third kappa shape index (κ3) is 1.52. The molecule has 0 aromatic heterocycles. The monoisotopic (exact) mass is 284 g/mol. The van der Waals surface area contributed by atoms with Crippen molar-refractivity contribution >= 4 is 23.5 Å². The molecule has 2 fully saturated rings. The Morgan fingerprint density at radius 1 is 1.16 bits per heavy atom. The van der Waals surface area contributed by atoms with Crippen LogP contribution in [0.5, 0.6) is 0 Å². The van der Waals surface area contributed by atoms with Gasteiger partial charge < -0.3 is 4.74 Å². The largest absolute Gasteiger partial charge is 0.469 e. The lowest BCUT2D eigenvalue weighted by Crippen LogP contribution is -2.71. The van der Waals surface area contributed by atoms with Crippen molar-refractivity contribution in [1.82, 2.24) is 0 Å². The van der Waals surface area contributed by atoms with Crippen LogP contribution in [0.4, 0.5) is 0 Å². The Hall–Kier alpha value is -0.510. The van der Waals surface area contributed by atoms with Crippen molar-refractivity contribution in [3.8, 4) is 0 Å². The van der Waals surface area contributed by atoms with Crippen LogP contribution in [0.25, 0.3) is 0 Å². The van der Waals surface area contributed by atoms with Gasteiger partial charge in [-0.05, 0) is 20.3 Å². The zero-order valence-electron chi connectivity index (χ0n) is 12.9. The Balaban J connectivity index is 2.44. The smallest absolute Gasteiger partial charge is 0.310 e. The molecule has 1 aliphatic carbocycles. The molecule has 2 aliphatic rings. The molecule has 3 nitrogen and oxygen atoms in total. The molecule has 1 atom stereocenters. The molecule has 2 rings (SSSR count). The van der Waals surface area contributed by atoms with Gasteiger partial charge in [0.2, 0.25) is 0 Å². The highest BCUT2D eigenvalue weighted by atomic mass is 32.2. The van der Waals surface area contributed by atoms with Gasteiger partial charge in [0.25, 0.3) is 0 Å². The van der Waals surface area contributed by atoms with Gasteiger partial charge in [-0.25, -0.2) is 0 Å². The molecule has 4 heteroatoms. The molecule has 1 heterocycles. The summed E-state index contributed by atoms with van der Waals surface area (Å²) >= 11 is 1.80. The Kier molecular flexibility index (Phi) is 2.96. The fourth-order valence-corrected chi connectivity index (χ4v) is 6.40. The normalized spacial score (nSPS) is 33.0. The van der Waals surface area contributed by atoms with Crippen molar-refractivity contribution in [3.63, 3.8) is 0 Å². The number of esters is 1. The average Bonchev–Trinajstić information content (AvgIpc) is 2.61. The fourth-order valence-electron chi connectivity index (χ4n) is 4.24. The zero-order valence-corrected chi connectivity index (χ0v) is 13.7. The van der Waals surface area contributed by atoms with Gasteiger partial charge in [-0.15, -0.1) is 11.8 Å². The second-order valence-electron chi connectivity index (χ2n) is 7.39. The van der Waals surface area contributed by atoms with Gasteiger partial charge in [0, 0.05) is 20.3 Å². The Bertz CT molecular complexity index is 430. The number of rotatable bonds is 1. The van der Waals surface area contributed by atoms with E-state index >= 15 is 0 Å². The van der Waals surface area contributed by atoms with Crippen LogP contribution >= 0.6 is 11.8 Å². The number of carbonyl (C=O) groups excluding carboxylic acids is 2. The predicted molar refractivity (Wildman–Crippen MR) is 77.1 cm³/mol. The molecular formula is C15H24O3S. The summed E-state index contributed by atoms with van der Waals surface area (Å²) < 4.78 is 4.60. The molecule has 1 spiro atoms. The second-order valence-corrected chi connectivity index (χ2v) is 9.34. The van der Waals surface area contributed by atoms with E-state index in [2.05, 4.69) is 13.8 Å². The van der Waals surface area contributed by atoms with Gasteiger partial charge in [-0.3, -0.25) is 9.59 Å². The average molecular weight is 284 g/mol. The maximum atomic E-state index is 12.4. The van der Waals surface area contributed by atoms with Crippen LogP contribution in [0.15, 0.2) is 0 Å². The number of ketones is 1. The highest BCUT2D eigenvalue weighted by Gasteiger charge is 2.77. The summed E-state index contributed by atoms with van der Waals surface area (Å²) in [6, 6.07) is 0. The highest BCUT2D eigenvalue weighted by molar-refractivity contribution is 8.02. The summed E-state index contributed by atoms with van der Waals surface area (Å²) in [5.41, 5.74) is -0.748. The van der Waals surface area contributed by atoms with Gasteiger partial charge in [0.1, 0.15) is 5.78 Å². The van der Waals surface area contributed by atoms with Gasteiger partial charge >= 0.3 is 5.97 Å². The standard InChI is InChI=1S/C15H24O3S/c1-12(2)11(17)13(3,4)15(12)8-9(10(16)18-7)14(5,6)19-15/h9H,8H2,1-7H3/t9-/m1/s1. The highest BCUT2D eigenvalue weighted by Crippen LogP contribution is 2.74. The molecule has 0 N–H and O–H groups in total. The van der Waals surface area contributed by atoms with Crippen LogP contribution < -0.4 is 0 Å². The summed E-state index contributed by atoms with van der Waals surface area (Å²) in [6.45, 7) is 12.2. The van der Waals surface area contributed by atoms with Crippen molar-refractivity contribution < 1.29 is 14.3 Å². The zero-order chi connectivity index (χ0) is 14.9. The summed E-state index contributed by atoms with van der Waals surface area (Å²) in [6.07, 6.45) is 0.725. The number of hydrogen-bond acceptors (Lipinski definition) is 4. The first-order chi connectivity index (χ1) is 8.44. The molecular weight excluding hydrogens is 260 g/mol. The number of methoxy groups -OCH3 is 1. The van der Waals surface area contributed by atoms with Crippen LogP contribution in [-0.4, -0.2) is 28.4 Å². The minimum Gasteiger partial charge on any atom is -0.469 e. The summed E-state index contributed by atoms with van der Waals surface area (Å²) in [5.74, 6) is 0.00305. The Labute approximate surface area is 119 Å². The molecule has 0 unspecified atom stereocenters. The van der Waals surface area contributed by atoms with E-state index in [1.165, 1.54) is 7.11 Å². The first kappa shape index (κ1) is 14.9. The lowest BCUT2D eigenvalue weighted by molar-refractivity contribution is -0.163. The molecule has 1 saturated heterocycles. The first-order valence-corrected chi connectivity index (χ1v) is 7.58. The molecule has 0 aromatic rings. The van der Waals surface area contributed by atoms with E-state index in [0.29, 0.717) is 5.78 Å².